The van der Waals surface area contributed by atoms with Gasteiger partial charge < -0.3 is 50.1 Å². The first-order valence-corrected chi connectivity index (χ1v) is 19.5. The lowest BCUT2D eigenvalue weighted by Gasteiger charge is -2.14. The lowest BCUT2D eigenvalue weighted by atomic mass is 10.2. The van der Waals surface area contributed by atoms with E-state index >= 15 is 0 Å². The van der Waals surface area contributed by atoms with E-state index in [0.29, 0.717) is 50.8 Å². The second-order valence-corrected chi connectivity index (χ2v) is 13.1. The minimum Gasteiger partial charge on any atom is -0.394 e. The van der Waals surface area contributed by atoms with Crippen molar-refractivity contribution in [1.82, 2.24) is 25.2 Å². The average molecular weight is 790 g/mol. The van der Waals surface area contributed by atoms with Crippen LogP contribution in [0.1, 0.15) is 89.3 Å². The fourth-order valence-electron chi connectivity index (χ4n) is 5.22. The first-order chi connectivity index (χ1) is 25.7. The van der Waals surface area contributed by atoms with Crippen LogP contribution in [-0.4, -0.2) is 120 Å². The molecule has 3 rings (SSSR count). The van der Waals surface area contributed by atoms with Crippen molar-refractivity contribution in [3.63, 3.8) is 0 Å². The Morgan fingerprint density at radius 1 is 0.981 bits per heavy atom. The predicted molar refractivity (Wildman–Crippen MR) is 205 cm³/mol. The number of carbonyl (C=O) groups is 2. The summed E-state index contributed by atoms with van der Waals surface area (Å²) in [6.07, 6.45) is 8.40. The number of ether oxygens (including phenoxy) is 4. The van der Waals surface area contributed by atoms with E-state index in [1.807, 2.05) is 0 Å². The molecule has 2 aromatic rings. The van der Waals surface area contributed by atoms with Crippen molar-refractivity contribution in [1.29, 1.82) is 0 Å². The number of rotatable bonds is 25. The molecule has 0 aromatic carbocycles. The smallest absolute Gasteiger partial charge is 0.263 e. The van der Waals surface area contributed by atoms with E-state index in [1.165, 1.54) is 19.3 Å². The summed E-state index contributed by atoms with van der Waals surface area (Å²) in [7, 11) is 0. The minimum atomic E-state index is -0.872. The summed E-state index contributed by atoms with van der Waals surface area (Å²) in [6, 6.07) is 0. The summed E-state index contributed by atoms with van der Waals surface area (Å²) in [4.78, 5) is 43.3. The van der Waals surface area contributed by atoms with Gasteiger partial charge in [0.25, 0.3) is 5.56 Å². The highest BCUT2D eigenvalue weighted by Gasteiger charge is 2.35. The average Bonchev–Trinajstić information content (AvgIpc) is 3.70. The molecule has 15 nitrogen and oxygen atoms in total. The van der Waals surface area contributed by atoms with E-state index in [-0.39, 0.29) is 74.4 Å². The summed E-state index contributed by atoms with van der Waals surface area (Å²) < 4.78 is 23.7. The first-order valence-electron chi connectivity index (χ1n) is 18.5. The standard InChI is InChI=1S/C31H47ClN6O9.C5H11Cl/c32-10-3-1-2-4-13-45-17-18-46-16-12-35-26(42)9-5-8-25(41)34-11-15-44-14-6-7-22-20-38(27-19-23(40)24(21-39)47-27)29-28(22)30(43)37-31(33)36-29;1-2-3-4-5-6/h20,23-24,27,39-40H,1-5,8-19,21H2,(H,34,41)(H,35,42)(H3,33,36,37,43);2-5H2,1H3. The maximum atomic E-state index is 12.6. The molecule has 7 N–H and O–H groups in total. The number of nitrogens with two attached hydrogens (primary N) is 1. The quantitative estimate of drug-likeness (QED) is 0.0489. The molecule has 0 spiro atoms. The monoisotopic (exact) mass is 788 g/mol. The number of aromatic amines is 1. The van der Waals surface area contributed by atoms with Crippen molar-refractivity contribution in [2.45, 2.75) is 96.0 Å². The predicted octanol–water partition coefficient (Wildman–Crippen LogP) is 2.97. The van der Waals surface area contributed by atoms with Crippen LogP contribution in [0.15, 0.2) is 11.0 Å². The summed E-state index contributed by atoms with van der Waals surface area (Å²) >= 11 is 11.0. The summed E-state index contributed by atoms with van der Waals surface area (Å²) in [6.45, 7) is 4.87. The first kappa shape index (κ1) is 46.2. The van der Waals surface area contributed by atoms with Gasteiger partial charge in [-0.05, 0) is 25.7 Å². The zero-order chi connectivity index (χ0) is 38.7. The van der Waals surface area contributed by atoms with Gasteiger partial charge in [0.15, 0.2) is 5.65 Å². The van der Waals surface area contributed by atoms with Gasteiger partial charge in [0.2, 0.25) is 17.8 Å². The number of H-pyrrole nitrogens is 1. The van der Waals surface area contributed by atoms with E-state index < -0.39 is 24.0 Å². The normalized spacial score (nSPS) is 16.5. The number of hydrogen-bond donors (Lipinski definition) is 6. The molecule has 1 aliphatic heterocycles. The van der Waals surface area contributed by atoms with E-state index in [0.717, 1.165) is 31.6 Å². The van der Waals surface area contributed by atoms with Gasteiger partial charge >= 0.3 is 0 Å². The molecule has 1 saturated heterocycles. The van der Waals surface area contributed by atoms with Gasteiger partial charge in [-0.2, -0.15) is 4.98 Å². The van der Waals surface area contributed by atoms with Gasteiger partial charge in [0, 0.05) is 56.9 Å². The number of nitrogens with zero attached hydrogens (tertiary/aromatic N) is 2. The van der Waals surface area contributed by atoms with Crippen molar-refractivity contribution >= 4 is 52.0 Å². The third kappa shape index (κ3) is 18.8. The zero-order valence-corrected chi connectivity index (χ0v) is 32.4. The number of aliphatic hydroxyl groups excluding tert-OH is 2. The van der Waals surface area contributed by atoms with E-state index in [9.17, 15) is 24.6 Å². The highest BCUT2D eigenvalue weighted by molar-refractivity contribution is 6.18. The Bertz CT molecular complexity index is 1440. The molecule has 1 aliphatic rings. The molecule has 17 heteroatoms. The van der Waals surface area contributed by atoms with Gasteiger partial charge in [-0.15, -0.1) is 23.2 Å². The number of aliphatic hydroxyl groups is 2. The second-order valence-electron chi connectivity index (χ2n) is 12.3. The maximum absolute atomic E-state index is 12.6. The molecule has 0 aliphatic carbocycles. The van der Waals surface area contributed by atoms with Crippen LogP contribution >= 0.6 is 23.2 Å². The molecule has 0 bridgehead atoms. The Morgan fingerprint density at radius 3 is 2.25 bits per heavy atom. The van der Waals surface area contributed by atoms with Crippen LogP contribution < -0.4 is 21.9 Å². The van der Waals surface area contributed by atoms with Crippen molar-refractivity contribution < 1.29 is 38.7 Å². The number of nitrogens with one attached hydrogen (secondary N) is 3. The molecule has 53 heavy (non-hydrogen) atoms. The number of fused-ring (bicyclic) bond motifs is 1. The topological polar surface area (TPSA) is 212 Å². The molecule has 3 atom stereocenters. The number of aromatic nitrogens is 3. The van der Waals surface area contributed by atoms with Crippen molar-refractivity contribution in [2.75, 3.05) is 76.8 Å². The number of halogens is 2. The SMILES string of the molecule is CCCCCCl.Nc1nc2c(c(C#CCOCCNC(=O)CCCC(=O)NCCOCCOCCCCCCCl)cn2C2CC(O)C(CO)O2)c(=O)[nH]1. The largest absolute Gasteiger partial charge is 0.394 e. The minimum absolute atomic E-state index is 0.0421. The lowest BCUT2D eigenvalue weighted by molar-refractivity contribution is -0.122. The van der Waals surface area contributed by atoms with Gasteiger partial charge in [-0.25, -0.2) is 0 Å². The molecule has 0 saturated carbocycles. The molecular weight excluding hydrogens is 731 g/mol. The Balaban J connectivity index is 0.00000149. The maximum Gasteiger partial charge on any atom is 0.263 e. The van der Waals surface area contributed by atoms with Crippen LogP contribution in [-0.2, 0) is 28.5 Å². The number of anilines is 1. The lowest BCUT2D eigenvalue weighted by Crippen LogP contribution is -2.29. The molecule has 300 valence electrons. The fourth-order valence-corrected chi connectivity index (χ4v) is 5.60. The van der Waals surface area contributed by atoms with Crippen LogP contribution in [0.25, 0.3) is 11.0 Å². The summed E-state index contributed by atoms with van der Waals surface area (Å²) in [5.74, 6) is 6.88. The highest BCUT2D eigenvalue weighted by Crippen LogP contribution is 2.32. The van der Waals surface area contributed by atoms with E-state index in [4.69, 9.17) is 47.9 Å². The molecule has 0 radical (unpaired) electrons. The number of alkyl halides is 2. The number of unbranched alkanes of at least 4 members (excludes halogenated alkanes) is 5. The van der Waals surface area contributed by atoms with Gasteiger partial charge in [-0.1, -0.05) is 44.4 Å². The van der Waals surface area contributed by atoms with Crippen LogP contribution in [0.5, 0.6) is 0 Å². The Kier molecular flexibility index (Phi) is 24.8. The van der Waals surface area contributed by atoms with E-state index in [2.05, 4.69) is 39.4 Å². The van der Waals surface area contributed by atoms with Crippen LogP contribution in [0, 0.1) is 11.8 Å². The van der Waals surface area contributed by atoms with Crippen LogP contribution in [0.3, 0.4) is 0 Å². The molecule has 2 aromatic heterocycles. The van der Waals surface area contributed by atoms with Gasteiger partial charge in [0.05, 0.1) is 50.1 Å². The molecular formula is C36H58Cl2N6O9. The van der Waals surface area contributed by atoms with Crippen LogP contribution in [0.2, 0.25) is 0 Å². The van der Waals surface area contributed by atoms with Gasteiger partial charge in [0.1, 0.15) is 18.9 Å². The number of nitrogen functional groups attached to an aromatic ring is 1. The number of hydrogen-bond acceptors (Lipinski definition) is 11. The van der Waals surface area contributed by atoms with Crippen LogP contribution in [0.4, 0.5) is 5.95 Å². The molecule has 1 fully saturated rings. The Hall–Kier alpha value is -2.94. The summed E-state index contributed by atoms with van der Waals surface area (Å²) in [5, 5.41) is 25.3. The number of carbonyl (C=O) groups excluding carboxylic acids is 2. The van der Waals surface area contributed by atoms with Crippen molar-refractivity contribution in [3.05, 3.63) is 22.1 Å². The highest BCUT2D eigenvalue weighted by atomic mass is 35.5. The summed E-state index contributed by atoms with van der Waals surface area (Å²) in [5.41, 5.74) is 5.89. The fraction of sp³-hybridized carbons (Fsp3) is 0.722. The zero-order valence-electron chi connectivity index (χ0n) is 30.8. The number of amides is 2. The van der Waals surface area contributed by atoms with Gasteiger partial charge in [-0.3, -0.25) is 19.4 Å². The molecule has 2 amide bonds. The Morgan fingerprint density at radius 2 is 1.62 bits per heavy atom. The second kappa shape index (κ2) is 28.5. The Labute approximate surface area is 321 Å². The molecule has 3 unspecified atom stereocenters. The van der Waals surface area contributed by atoms with Crippen molar-refractivity contribution in [3.8, 4) is 11.8 Å². The molecule has 3 heterocycles. The van der Waals surface area contributed by atoms with E-state index in [1.54, 1.807) is 10.8 Å². The third-order valence-electron chi connectivity index (χ3n) is 8.02. The third-order valence-corrected chi connectivity index (χ3v) is 8.55. The van der Waals surface area contributed by atoms with Crippen molar-refractivity contribution in [2.24, 2.45) is 0 Å².